The van der Waals surface area contributed by atoms with E-state index in [0.29, 0.717) is 30.6 Å². The van der Waals surface area contributed by atoms with E-state index in [4.69, 9.17) is 9.47 Å². The van der Waals surface area contributed by atoms with E-state index in [1.54, 1.807) is 6.07 Å². The number of hydrogen-bond donors (Lipinski definition) is 0. The second kappa shape index (κ2) is 15.0. The van der Waals surface area contributed by atoms with E-state index in [9.17, 15) is 0 Å². The van der Waals surface area contributed by atoms with E-state index in [1.165, 1.54) is 89.0 Å². The Bertz CT molecular complexity index is 908. The third kappa shape index (κ3) is 8.39. The van der Waals surface area contributed by atoms with Crippen LogP contribution in [0.15, 0.2) is 42.5 Å². The summed E-state index contributed by atoms with van der Waals surface area (Å²) < 4.78 is 27.0. The third-order valence-corrected chi connectivity index (χ3v) is 8.70. The number of halogens is 1. The summed E-state index contributed by atoms with van der Waals surface area (Å²) in [5.74, 6) is 1.83. The Labute approximate surface area is 225 Å². The molecule has 0 radical (unpaired) electrons. The molecule has 0 bridgehead atoms. The first-order valence-electron chi connectivity index (χ1n) is 15.3. The molecule has 0 spiro atoms. The van der Waals surface area contributed by atoms with Gasteiger partial charge in [-0.25, -0.2) is 4.39 Å². The van der Waals surface area contributed by atoms with E-state index in [0.717, 1.165) is 23.5 Å². The van der Waals surface area contributed by atoms with E-state index in [-0.39, 0.29) is 5.82 Å². The van der Waals surface area contributed by atoms with Crippen molar-refractivity contribution in [3.63, 3.8) is 0 Å². The fraction of sp³-hybridized carbons (Fsp3) is 0.647. The highest BCUT2D eigenvalue weighted by atomic mass is 19.1. The number of unbranched alkanes of at least 4 members (excludes halogenated alkanes) is 6. The first kappa shape index (κ1) is 28.3. The number of ether oxygens (including phenoxy) is 2. The normalized spacial score (nSPS) is 24.3. The lowest BCUT2D eigenvalue weighted by atomic mass is 9.77. The summed E-state index contributed by atoms with van der Waals surface area (Å²) in [5.41, 5.74) is 3.78. The molecule has 0 aromatic heterocycles. The fourth-order valence-electron chi connectivity index (χ4n) is 6.25. The molecule has 1 aliphatic heterocycles. The summed E-state index contributed by atoms with van der Waals surface area (Å²) >= 11 is 0. The summed E-state index contributed by atoms with van der Waals surface area (Å²) in [5, 5.41) is 0. The van der Waals surface area contributed by atoms with Gasteiger partial charge in [0, 0.05) is 17.0 Å². The number of hydrogen-bond acceptors (Lipinski definition) is 2. The van der Waals surface area contributed by atoms with Gasteiger partial charge in [-0.05, 0) is 61.1 Å². The molecule has 1 heterocycles. The van der Waals surface area contributed by atoms with Gasteiger partial charge in [0.25, 0.3) is 0 Å². The Hall–Kier alpha value is -1.71. The lowest BCUT2D eigenvalue weighted by Gasteiger charge is -2.30. The number of rotatable bonds is 13. The van der Waals surface area contributed by atoms with E-state index in [1.807, 2.05) is 12.1 Å². The molecule has 2 aromatic carbocycles. The molecular formula is C34H49FO2. The van der Waals surface area contributed by atoms with E-state index < -0.39 is 6.29 Å². The van der Waals surface area contributed by atoms with Gasteiger partial charge in [-0.3, -0.25) is 0 Å². The lowest BCUT2D eigenvalue weighted by Crippen LogP contribution is -2.27. The zero-order valence-electron chi connectivity index (χ0n) is 23.4. The van der Waals surface area contributed by atoms with Crippen molar-refractivity contribution in [2.45, 2.75) is 116 Å². The molecule has 2 aliphatic rings. The molecule has 1 aliphatic carbocycles. The molecule has 0 N–H and O–H groups in total. The molecule has 204 valence electrons. The standard InChI is InChI=1S/C34H49FO2/c1-3-5-7-8-10-11-26-13-15-28(16-14-26)29-17-19-30(20-18-29)32-22-21-31(23-33(32)35)34-36-24-27(25-37-34)12-9-6-4-2/h17-23,26-28,34H,3-16,24-25H2,1-2H3/t26?,27-,28?,34-. The maximum Gasteiger partial charge on any atom is 0.183 e. The minimum atomic E-state index is -0.459. The molecule has 2 nitrogen and oxygen atoms in total. The lowest BCUT2D eigenvalue weighted by molar-refractivity contribution is -0.206. The van der Waals surface area contributed by atoms with Crippen molar-refractivity contribution in [1.82, 2.24) is 0 Å². The van der Waals surface area contributed by atoms with Gasteiger partial charge in [0.1, 0.15) is 5.82 Å². The van der Waals surface area contributed by atoms with Gasteiger partial charge in [-0.1, -0.05) is 108 Å². The van der Waals surface area contributed by atoms with Crippen LogP contribution in [0.4, 0.5) is 4.39 Å². The topological polar surface area (TPSA) is 18.5 Å². The van der Waals surface area contributed by atoms with Gasteiger partial charge in [0.05, 0.1) is 13.2 Å². The summed E-state index contributed by atoms with van der Waals surface area (Å²) in [6.07, 6.45) is 18.1. The highest BCUT2D eigenvalue weighted by Crippen LogP contribution is 2.39. The van der Waals surface area contributed by atoms with Crippen LogP contribution in [0.2, 0.25) is 0 Å². The first-order chi connectivity index (χ1) is 18.2. The molecule has 0 atom stereocenters. The Morgan fingerprint density at radius 1 is 0.676 bits per heavy atom. The maximum absolute atomic E-state index is 15.1. The van der Waals surface area contributed by atoms with Gasteiger partial charge in [0.15, 0.2) is 6.29 Å². The summed E-state index contributed by atoms with van der Waals surface area (Å²) in [7, 11) is 0. The van der Waals surface area contributed by atoms with Crippen LogP contribution >= 0.6 is 0 Å². The first-order valence-corrected chi connectivity index (χ1v) is 15.3. The van der Waals surface area contributed by atoms with Crippen LogP contribution in [0.3, 0.4) is 0 Å². The predicted molar refractivity (Wildman–Crippen MR) is 152 cm³/mol. The van der Waals surface area contributed by atoms with Crippen molar-refractivity contribution in [3.05, 3.63) is 59.4 Å². The van der Waals surface area contributed by atoms with Crippen LogP contribution in [0, 0.1) is 17.7 Å². The summed E-state index contributed by atoms with van der Waals surface area (Å²) in [4.78, 5) is 0. The van der Waals surface area contributed by atoms with E-state index in [2.05, 4.69) is 38.1 Å². The molecule has 0 amide bonds. The van der Waals surface area contributed by atoms with Crippen molar-refractivity contribution >= 4 is 0 Å². The van der Waals surface area contributed by atoms with Crippen LogP contribution < -0.4 is 0 Å². The van der Waals surface area contributed by atoms with Crippen molar-refractivity contribution in [1.29, 1.82) is 0 Å². The van der Waals surface area contributed by atoms with Gasteiger partial charge in [-0.15, -0.1) is 0 Å². The van der Waals surface area contributed by atoms with Crippen LogP contribution in [0.5, 0.6) is 0 Å². The van der Waals surface area contributed by atoms with Gasteiger partial charge >= 0.3 is 0 Å². The van der Waals surface area contributed by atoms with Crippen LogP contribution in [-0.4, -0.2) is 13.2 Å². The quantitative estimate of drug-likeness (QED) is 0.251. The zero-order valence-corrected chi connectivity index (χ0v) is 23.4. The Balaban J connectivity index is 1.25. The van der Waals surface area contributed by atoms with Crippen molar-refractivity contribution < 1.29 is 13.9 Å². The monoisotopic (exact) mass is 508 g/mol. The highest BCUT2D eigenvalue weighted by molar-refractivity contribution is 5.65. The summed E-state index contributed by atoms with van der Waals surface area (Å²) in [6.45, 7) is 5.89. The third-order valence-electron chi connectivity index (χ3n) is 8.70. The van der Waals surface area contributed by atoms with Crippen molar-refractivity contribution in [2.75, 3.05) is 13.2 Å². The number of benzene rings is 2. The molecular weight excluding hydrogens is 459 g/mol. The Morgan fingerprint density at radius 2 is 1.27 bits per heavy atom. The summed E-state index contributed by atoms with van der Waals surface area (Å²) in [6, 6.07) is 14.1. The molecule has 2 fully saturated rings. The predicted octanol–water partition coefficient (Wildman–Crippen LogP) is 10.4. The second-order valence-corrected chi connectivity index (χ2v) is 11.6. The molecule has 0 unspecified atom stereocenters. The van der Waals surface area contributed by atoms with Crippen molar-refractivity contribution in [2.24, 2.45) is 11.8 Å². The Morgan fingerprint density at radius 3 is 1.95 bits per heavy atom. The smallest absolute Gasteiger partial charge is 0.183 e. The van der Waals surface area contributed by atoms with Gasteiger partial charge < -0.3 is 9.47 Å². The van der Waals surface area contributed by atoms with E-state index >= 15 is 4.39 Å². The molecule has 1 saturated heterocycles. The second-order valence-electron chi connectivity index (χ2n) is 11.6. The molecule has 37 heavy (non-hydrogen) atoms. The average molecular weight is 509 g/mol. The van der Waals surface area contributed by atoms with Crippen LogP contribution in [0.25, 0.3) is 11.1 Å². The fourth-order valence-corrected chi connectivity index (χ4v) is 6.25. The maximum atomic E-state index is 15.1. The Kier molecular flexibility index (Phi) is 11.5. The molecule has 2 aromatic rings. The highest BCUT2D eigenvalue weighted by Gasteiger charge is 2.25. The van der Waals surface area contributed by atoms with Crippen LogP contribution in [-0.2, 0) is 9.47 Å². The largest absolute Gasteiger partial charge is 0.348 e. The van der Waals surface area contributed by atoms with Crippen molar-refractivity contribution in [3.8, 4) is 11.1 Å². The SMILES string of the molecule is CCCCCCCC1CCC(c2ccc(-c3ccc([C@H]4OC[C@H](CCCCC)CO4)cc3F)cc2)CC1. The van der Waals surface area contributed by atoms with Crippen LogP contribution in [0.1, 0.15) is 127 Å². The minimum Gasteiger partial charge on any atom is -0.348 e. The zero-order chi connectivity index (χ0) is 25.9. The molecule has 4 rings (SSSR count). The average Bonchev–Trinajstić information content (AvgIpc) is 2.94. The molecule has 1 saturated carbocycles. The van der Waals surface area contributed by atoms with Gasteiger partial charge in [-0.2, -0.15) is 0 Å². The minimum absolute atomic E-state index is 0.207. The van der Waals surface area contributed by atoms with Gasteiger partial charge in [0.2, 0.25) is 0 Å². The molecule has 3 heteroatoms.